The Hall–Kier alpha value is 1.22. The van der Waals surface area contributed by atoms with Gasteiger partial charge >= 0.3 is 75.0 Å². The summed E-state index contributed by atoms with van der Waals surface area (Å²) in [5.41, 5.74) is -1.83. The van der Waals surface area contributed by atoms with E-state index in [1.54, 1.807) is 0 Å². The van der Waals surface area contributed by atoms with Gasteiger partial charge in [-0.1, -0.05) is 0 Å². The predicted molar refractivity (Wildman–Crippen MR) is 46.0 cm³/mol. The SMILES string of the molecule is CC1(C)CO[P]([S])([Se])OC1. The molecule has 0 N–H and O–H groups in total. The molecule has 0 saturated carbocycles. The molecule has 10 heavy (non-hydrogen) atoms. The standard InChI is InChI=1S/C5H10O2PSSe/c1-5(2)3-6-8(9,10)7-4-5/h3-4H2,1-2H3. The minimum atomic E-state index is -1.96. The fourth-order valence-corrected chi connectivity index (χ4v) is 2.66. The molecule has 2 nitrogen and oxygen atoms in total. The first kappa shape index (κ1) is 9.31. The van der Waals surface area contributed by atoms with Gasteiger partial charge < -0.3 is 0 Å². The maximum atomic E-state index is 5.33. The molecule has 0 aromatic rings. The normalized spacial score (nSPS) is 30.0. The van der Waals surface area contributed by atoms with Crippen LogP contribution >= 0.6 is 17.9 Å². The third kappa shape index (κ3) is 2.69. The summed E-state index contributed by atoms with van der Waals surface area (Å²) in [6, 6.07) is 0. The second kappa shape index (κ2) is 2.93. The molecule has 0 aromatic heterocycles. The van der Waals surface area contributed by atoms with Gasteiger partial charge in [0.05, 0.1) is 0 Å². The van der Waals surface area contributed by atoms with Crippen molar-refractivity contribution in [3.63, 3.8) is 0 Å². The van der Waals surface area contributed by atoms with E-state index in [4.69, 9.17) is 21.3 Å². The average molecular weight is 244 g/mol. The molecule has 1 aliphatic heterocycles. The monoisotopic (exact) mass is 245 g/mol. The molecule has 0 amide bonds. The first-order valence-electron chi connectivity index (χ1n) is 3.01. The van der Waals surface area contributed by atoms with Crippen molar-refractivity contribution in [3.8, 4) is 0 Å². The first-order chi connectivity index (χ1) is 4.41. The molecule has 0 spiro atoms. The Balaban J connectivity index is 2.46. The van der Waals surface area contributed by atoms with Crippen LogP contribution in [-0.2, 0) is 9.05 Å². The molecule has 1 rings (SSSR count). The van der Waals surface area contributed by atoms with E-state index in [0.29, 0.717) is 13.2 Å². The van der Waals surface area contributed by atoms with Crippen molar-refractivity contribution < 1.29 is 9.05 Å². The molecular weight excluding hydrogens is 234 g/mol. The molecule has 0 unspecified atom stereocenters. The van der Waals surface area contributed by atoms with Crippen LogP contribution in [0.2, 0.25) is 0 Å². The van der Waals surface area contributed by atoms with Crippen LogP contribution in [0.15, 0.2) is 0 Å². The summed E-state index contributed by atoms with van der Waals surface area (Å²) < 4.78 is 10.7. The topological polar surface area (TPSA) is 18.5 Å². The van der Waals surface area contributed by atoms with Crippen molar-refractivity contribution in [2.45, 2.75) is 13.8 Å². The van der Waals surface area contributed by atoms with Crippen molar-refractivity contribution in [1.29, 1.82) is 0 Å². The summed E-state index contributed by atoms with van der Waals surface area (Å²) in [6.45, 7) is 5.61. The summed E-state index contributed by atoms with van der Waals surface area (Å²) in [7, 11) is 0. The Morgan fingerprint density at radius 1 is 1.40 bits per heavy atom. The van der Waals surface area contributed by atoms with Gasteiger partial charge in [-0.25, -0.2) is 0 Å². The van der Waals surface area contributed by atoms with Gasteiger partial charge in [0.2, 0.25) is 0 Å². The molecule has 3 radical (unpaired) electrons. The molecule has 1 saturated heterocycles. The van der Waals surface area contributed by atoms with Crippen LogP contribution in [0.5, 0.6) is 0 Å². The van der Waals surface area contributed by atoms with Crippen molar-refractivity contribution >= 4 is 33.4 Å². The van der Waals surface area contributed by atoms with Crippen LogP contribution in [-0.4, -0.2) is 28.8 Å². The third-order valence-corrected chi connectivity index (χ3v) is 4.08. The van der Waals surface area contributed by atoms with Crippen molar-refractivity contribution in [2.75, 3.05) is 13.2 Å². The first-order valence-corrected chi connectivity index (χ1v) is 7.87. The summed E-state index contributed by atoms with van der Waals surface area (Å²) in [4.78, 5) is 0. The summed E-state index contributed by atoms with van der Waals surface area (Å²) >= 11 is 7.78. The molecule has 1 fully saturated rings. The molecule has 59 valence electrons. The zero-order valence-electron chi connectivity index (χ0n) is 5.99. The van der Waals surface area contributed by atoms with E-state index < -0.39 is 5.61 Å². The van der Waals surface area contributed by atoms with Gasteiger partial charge in [-0.05, 0) is 0 Å². The zero-order chi connectivity index (χ0) is 7.83. The van der Waals surface area contributed by atoms with Gasteiger partial charge in [-0.2, -0.15) is 0 Å². The molecule has 1 heterocycles. The summed E-state index contributed by atoms with van der Waals surface area (Å²) in [5, 5.41) is 0. The predicted octanol–water partition coefficient (Wildman–Crippen LogP) is 2.10. The van der Waals surface area contributed by atoms with Crippen LogP contribution in [0.1, 0.15) is 13.8 Å². The van der Waals surface area contributed by atoms with Gasteiger partial charge in [0.25, 0.3) is 0 Å². The maximum absolute atomic E-state index is 5.33. The molecule has 0 atom stereocenters. The van der Waals surface area contributed by atoms with E-state index in [0.717, 1.165) is 0 Å². The molecule has 0 bridgehead atoms. The Kier molecular flexibility index (Phi) is 2.73. The van der Waals surface area contributed by atoms with Crippen molar-refractivity contribution in [2.24, 2.45) is 5.41 Å². The fraction of sp³-hybridized carbons (Fsp3) is 1.00. The summed E-state index contributed by atoms with van der Waals surface area (Å²) in [6.07, 6.45) is 0. The fourth-order valence-electron chi connectivity index (χ4n) is 0.587. The second-order valence-electron chi connectivity index (χ2n) is 3.16. The van der Waals surface area contributed by atoms with Crippen molar-refractivity contribution in [3.05, 3.63) is 0 Å². The summed E-state index contributed by atoms with van der Waals surface area (Å²) in [5.74, 6) is 0. The van der Waals surface area contributed by atoms with Gasteiger partial charge in [0.15, 0.2) is 0 Å². The molecule has 1 aliphatic rings. The number of rotatable bonds is 0. The Morgan fingerprint density at radius 2 is 1.80 bits per heavy atom. The average Bonchev–Trinajstić information content (AvgIpc) is 1.79. The van der Waals surface area contributed by atoms with Gasteiger partial charge in [-0.3, -0.25) is 0 Å². The third-order valence-electron chi connectivity index (χ3n) is 1.23. The number of hydrogen-bond donors (Lipinski definition) is 0. The molecule has 0 aliphatic carbocycles. The van der Waals surface area contributed by atoms with E-state index in [1.165, 1.54) is 0 Å². The minimum absolute atomic E-state index is 0.131. The van der Waals surface area contributed by atoms with Crippen LogP contribution in [0, 0.1) is 5.41 Å². The van der Waals surface area contributed by atoms with Crippen LogP contribution in [0.25, 0.3) is 0 Å². The molecule has 5 heteroatoms. The quantitative estimate of drug-likeness (QED) is 0.480. The van der Waals surface area contributed by atoms with Gasteiger partial charge in [0, 0.05) is 0 Å². The Morgan fingerprint density at radius 3 is 2.10 bits per heavy atom. The van der Waals surface area contributed by atoms with Crippen LogP contribution in [0.3, 0.4) is 0 Å². The Labute approximate surface area is 75.1 Å². The van der Waals surface area contributed by atoms with E-state index in [1.807, 2.05) is 0 Å². The van der Waals surface area contributed by atoms with E-state index in [-0.39, 0.29) is 5.41 Å². The van der Waals surface area contributed by atoms with Crippen LogP contribution in [0.4, 0.5) is 0 Å². The van der Waals surface area contributed by atoms with E-state index >= 15 is 0 Å². The van der Waals surface area contributed by atoms with E-state index in [2.05, 4.69) is 29.4 Å². The van der Waals surface area contributed by atoms with Crippen LogP contribution < -0.4 is 0 Å². The van der Waals surface area contributed by atoms with Gasteiger partial charge in [-0.15, -0.1) is 0 Å². The zero-order valence-corrected chi connectivity index (χ0v) is 9.42. The Bertz CT molecular complexity index is 112. The number of hydrogen-bond acceptors (Lipinski definition) is 2. The second-order valence-corrected chi connectivity index (χ2v) is 10.6. The molecular formula is C5H10O2PSSe. The van der Waals surface area contributed by atoms with E-state index in [9.17, 15) is 0 Å². The van der Waals surface area contributed by atoms with Crippen molar-refractivity contribution in [1.82, 2.24) is 0 Å². The van der Waals surface area contributed by atoms with Gasteiger partial charge in [0.1, 0.15) is 0 Å². The molecule has 0 aromatic carbocycles.